The summed E-state index contributed by atoms with van der Waals surface area (Å²) in [6.45, 7) is 1.26. The van der Waals surface area contributed by atoms with Crippen LogP contribution in [0.2, 0.25) is 0 Å². The number of ketones is 1. The molecule has 0 saturated carbocycles. The number of benzene rings is 1. The van der Waals surface area contributed by atoms with Crippen LogP contribution in [0.15, 0.2) is 33.6 Å². The van der Waals surface area contributed by atoms with Crippen molar-refractivity contribution in [1.82, 2.24) is 0 Å². The summed E-state index contributed by atoms with van der Waals surface area (Å²) in [5.41, 5.74) is 0. The van der Waals surface area contributed by atoms with Gasteiger partial charge >= 0.3 is 0 Å². The van der Waals surface area contributed by atoms with E-state index in [1.165, 1.54) is 13.0 Å². The second-order valence-corrected chi connectivity index (χ2v) is 5.70. The van der Waals surface area contributed by atoms with Crippen molar-refractivity contribution in [2.45, 2.75) is 11.8 Å². The average Bonchev–Trinajstić information content (AvgIpc) is 2.02. The third kappa shape index (κ3) is 2.65. The lowest BCUT2D eigenvalue weighted by atomic mass is 10.4. The molecule has 1 aromatic carbocycles. The predicted octanol–water partition coefficient (Wildman–Crippen LogP) is 1.81. The first kappa shape index (κ1) is 11.4. The molecule has 0 fully saturated rings. The minimum absolute atomic E-state index is 0.162. The van der Waals surface area contributed by atoms with Crippen LogP contribution < -0.4 is 0 Å². The van der Waals surface area contributed by atoms with Gasteiger partial charge in [0.15, 0.2) is 9.84 Å². The van der Waals surface area contributed by atoms with Gasteiger partial charge in [-0.1, -0.05) is 12.1 Å². The van der Waals surface area contributed by atoms with E-state index in [1.807, 2.05) is 0 Å². The number of Topliss-reactive ketones (excluding diaryl/α,β-unsaturated/α-hetero) is 1. The topological polar surface area (TPSA) is 51.2 Å². The maximum Gasteiger partial charge on any atom is 0.186 e. The van der Waals surface area contributed by atoms with E-state index in [9.17, 15) is 13.2 Å². The Morgan fingerprint density at radius 3 is 2.43 bits per heavy atom. The standard InChI is InChI=1S/C9H9BrO3S/c1-7(11)6-14(12,13)9-5-3-2-4-8(9)10/h2-5H,6H2,1H3. The Morgan fingerprint density at radius 2 is 1.93 bits per heavy atom. The van der Waals surface area contributed by atoms with Crippen molar-refractivity contribution in [3.8, 4) is 0 Å². The highest BCUT2D eigenvalue weighted by Gasteiger charge is 2.18. The SMILES string of the molecule is CC(=O)CS(=O)(=O)c1ccccc1Br. The van der Waals surface area contributed by atoms with E-state index in [0.717, 1.165) is 0 Å². The third-order valence-corrected chi connectivity index (χ3v) is 4.33. The molecule has 1 aromatic rings. The van der Waals surface area contributed by atoms with E-state index in [2.05, 4.69) is 15.9 Å². The Balaban J connectivity index is 3.17. The molecule has 0 spiro atoms. The highest BCUT2D eigenvalue weighted by atomic mass is 79.9. The second kappa shape index (κ2) is 4.23. The molecule has 0 aliphatic carbocycles. The Hall–Kier alpha value is -0.680. The zero-order chi connectivity index (χ0) is 10.8. The van der Waals surface area contributed by atoms with Crippen molar-refractivity contribution < 1.29 is 13.2 Å². The number of rotatable bonds is 3. The molecule has 0 saturated heterocycles. The summed E-state index contributed by atoms with van der Waals surface area (Å²) >= 11 is 3.13. The maximum atomic E-state index is 11.6. The monoisotopic (exact) mass is 276 g/mol. The predicted molar refractivity (Wildman–Crippen MR) is 56.9 cm³/mol. The van der Waals surface area contributed by atoms with Crippen molar-refractivity contribution in [3.05, 3.63) is 28.7 Å². The molecule has 0 aromatic heterocycles. The molecule has 0 atom stereocenters. The minimum atomic E-state index is -3.49. The summed E-state index contributed by atoms with van der Waals surface area (Å²) in [6.07, 6.45) is 0. The van der Waals surface area contributed by atoms with Crippen LogP contribution in [0.5, 0.6) is 0 Å². The number of sulfone groups is 1. The molecule has 3 nitrogen and oxygen atoms in total. The molecular formula is C9H9BrO3S. The van der Waals surface area contributed by atoms with Crippen LogP contribution in [0.3, 0.4) is 0 Å². The highest BCUT2D eigenvalue weighted by molar-refractivity contribution is 9.10. The van der Waals surface area contributed by atoms with Gasteiger partial charge in [0.05, 0.1) is 4.90 Å². The summed E-state index contributed by atoms with van der Waals surface area (Å²) in [7, 11) is -3.49. The van der Waals surface area contributed by atoms with Gasteiger partial charge in [-0.2, -0.15) is 0 Å². The molecule has 0 amide bonds. The lowest BCUT2D eigenvalue weighted by molar-refractivity contribution is -0.114. The number of carbonyl (C=O) groups excluding carboxylic acids is 1. The lowest BCUT2D eigenvalue weighted by Crippen LogP contribution is -2.13. The van der Waals surface area contributed by atoms with Gasteiger partial charge in [-0.05, 0) is 35.0 Å². The largest absolute Gasteiger partial charge is 0.299 e. The van der Waals surface area contributed by atoms with Gasteiger partial charge in [0.2, 0.25) is 0 Å². The first-order chi connectivity index (χ1) is 6.43. The van der Waals surface area contributed by atoms with Crippen LogP contribution in [0.25, 0.3) is 0 Å². The fourth-order valence-corrected chi connectivity index (χ4v) is 3.41. The fraction of sp³-hybridized carbons (Fsp3) is 0.222. The van der Waals surface area contributed by atoms with Crippen LogP contribution in [-0.2, 0) is 14.6 Å². The van der Waals surface area contributed by atoms with Crippen molar-refractivity contribution >= 4 is 31.6 Å². The van der Waals surface area contributed by atoms with Crippen LogP contribution in [-0.4, -0.2) is 20.0 Å². The second-order valence-electron chi connectivity index (χ2n) is 2.89. The molecule has 76 valence electrons. The highest BCUT2D eigenvalue weighted by Crippen LogP contribution is 2.22. The zero-order valence-electron chi connectivity index (χ0n) is 7.53. The minimum Gasteiger partial charge on any atom is -0.299 e. The van der Waals surface area contributed by atoms with Crippen molar-refractivity contribution in [2.75, 3.05) is 5.75 Å². The Bertz CT molecular complexity index is 451. The number of carbonyl (C=O) groups is 1. The van der Waals surface area contributed by atoms with Crippen molar-refractivity contribution in [2.24, 2.45) is 0 Å². The van der Waals surface area contributed by atoms with Gasteiger partial charge in [0.25, 0.3) is 0 Å². The summed E-state index contributed by atoms with van der Waals surface area (Å²) in [6, 6.07) is 6.45. The number of halogens is 1. The quantitative estimate of drug-likeness (QED) is 0.846. The van der Waals surface area contributed by atoms with Crippen LogP contribution >= 0.6 is 15.9 Å². The molecule has 1 rings (SSSR count). The van der Waals surface area contributed by atoms with Gasteiger partial charge in [0.1, 0.15) is 11.5 Å². The molecule has 0 radical (unpaired) electrons. The Morgan fingerprint density at radius 1 is 1.36 bits per heavy atom. The average molecular weight is 277 g/mol. The molecule has 0 bridgehead atoms. The molecular weight excluding hydrogens is 268 g/mol. The first-order valence-electron chi connectivity index (χ1n) is 3.90. The van der Waals surface area contributed by atoms with Gasteiger partial charge in [0, 0.05) is 4.47 Å². The van der Waals surface area contributed by atoms with E-state index in [0.29, 0.717) is 4.47 Å². The van der Waals surface area contributed by atoms with E-state index in [1.54, 1.807) is 18.2 Å². The smallest absolute Gasteiger partial charge is 0.186 e. The molecule has 0 N–H and O–H groups in total. The Labute approximate surface area is 91.2 Å². The van der Waals surface area contributed by atoms with Crippen molar-refractivity contribution in [1.29, 1.82) is 0 Å². The number of hydrogen-bond donors (Lipinski definition) is 0. The summed E-state index contributed by atoms with van der Waals surface area (Å²) in [5, 5.41) is 0. The normalized spacial score (nSPS) is 11.3. The van der Waals surface area contributed by atoms with Gasteiger partial charge < -0.3 is 0 Å². The molecule has 0 aliphatic heterocycles. The summed E-state index contributed by atoms with van der Waals surface area (Å²) < 4.78 is 23.7. The first-order valence-corrected chi connectivity index (χ1v) is 6.35. The van der Waals surface area contributed by atoms with Crippen LogP contribution in [0, 0.1) is 0 Å². The third-order valence-electron chi connectivity index (χ3n) is 1.56. The van der Waals surface area contributed by atoms with Gasteiger partial charge in [-0.3, -0.25) is 4.79 Å². The molecule has 0 aliphatic rings. The van der Waals surface area contributed by atoms with E-state index >= 15 is 0 Å². The molecule has 5 heteroatoms. The van der Waals surface area contributed by atoms with Gasteiger partial charge in [-0.15, -0.1) is 0 Å². The van der Waals surface area contributed by atoms with Crippen LogP contribution in [0.1, 0.15) is 6.92 Å². The fourth-order valence-electron chi connectivity index (χ4n) is 1.04. The number of hydrogen-bond acceptors (Lipinski definition) is 3. The van der Waals surface area contributed by atoms with E-state index in [-0.39, 0.29) is 10.7 Å². The van der Waals surface area contributed by atoms with E-state index < -0.39 is 15.6 Å². The summed E-state index contributed by atoms with van der Waals surface area (Å²) in [4.78, 5) is 10.9. The zero-order valence-corrected chi connectivity index (χ0v) is 9.93. The molecule has 0 unspecified atom stereocenters. The van der Waals surface area contributed by atoms with Crippen LogP contribution in [0.4, 0.5) is 0 Å². The Kier molecular flexibility index (Phi) is 3.44. The lowest BCUT2D eigenvalue weighted by Gasteiger charge is -2.03. The maximum absolute atomic E-state index is 11.6. The van der Waals surface area contributed by atoms with Gasteiger partial charge in [-0.25, -0.2) is 8.42 Å². The summed E-state index contributed by atoms with van der Waals surface area (Å²) in [5.74, 6) is -0.809. The molecule has 14 heavy (non-hydrogen) atoms. The molecule has 0 heterocycles. The van der Waals surface area contributed by atoms with E-state index in [4.69, 9.17) is 0 Å². The van der Waals surface area contributed by atoms with Crippen molar-refractivity contribution in [3.63, 3.8) is 0 Å².